The maximum Gasteiger partial charge on any atom is 0.332 e. The molecule has 0 spiro atoms. The van der Waals surface area contributed by atoms with Gasteiger partial charge in [0.1, 0.15) is 0 Å². The molecule has 0 aliphatic heterocycles. The molecule has 1 aromatic carbocycles. The van der Waals surface area contributed by atoms with Crippen molar-refractivity contribution in [2.75, 3.05) is 0 Å². The van der Waals surface area contributed by atoms with E-state index in [9.17, 15) is 4.79 Å². The maximum atomic E-state index is 12.4. The Labute approximate surface area is 125 Å². The Balaban J connectivity index is 2.03. The predicted molar refractivity (Wildman–Crippen MR) is 85.0 cm³/mol. The van der Waals surface area contributed by atoms with Crippen LogP contribution in [0.2, 0.25) is 0 Å². The van der Waals surface area contributed by atoms with E-state index in [1.54, 1.807) is 9.13 Å². The lowest BCUT2D eigenvalue weighted by Crippen LogP contribution is -2.31. The molecule has 4 heteroatoms. The summed E-state index contributed by atoms with van der Waals surface area (Å²) in [6.07, 6.45) is 5.96. The monoisotopic (exact) mass is 285 g/mol. The van der Waals surface area contributed by atoms with E-state index >= 15 is 0 Å². The van der Waals surface area contributed by atoms with E-state index in [1.807, 2.05) is 38.4 Å². The third-order valence-electron chi connectivity index (χ3n) is 4.72. The highest BCUT2D eigenvalue weighted by Crippen LogP contribution is 2.50. The number of aromatic nitrogens is 2. The van der Waals surface area contributed by atoms with E-state index in [4.69, 9.17) is 5.73 Å². The van der Waals surface area contributed by atoms with Gasteiger partial charge >= 0.3 is 5.69 Å². The van der Waals surface area contributed by atoms with Gasteiger partial charge in [0, 0.05) is 29.9 Å². The summed E-state index contributed by atoms with van der Waals surface area (Å²) in [6.45, 7) is 6.09. The van der Waals surface area contributed by atoms with E-state index in [1.165, 1.54) is 5.56 Å². The average molecular weight is 285 g/mol. The largest absolute Gasteiger partial charge is 0.332 e. The number of rotatable bonds is 4. The lowest BCUT2D eigenvalue weighted by molar-refractivity contribution is 0.556. The summed E-state index contributed by atoms with van der Waals surface area (Å²) in [5.74, 6) is 0. The van der Waals surface area contributed by atoms with E-state index in [-0.39, 0.29) is 23.2 Å². The van der Waals surface area contributed by atoms with Gasteiger partial charge in [0.05, 0.1) is 5.69 Å². The molecule has 0 bridgehead atoms. The molecule has 1 unspecified atom stereocenters. The van der Waals surface area contributed by atoms with E-state index < -0.39 is 0 Å². The molecule has 1 aliphatic rings. The Hall–Kier alpha value is -1.81. The molecule has 4 nitrogen and oxygen atoms in total. The normalized spacial score (nSPS) is 18.0. The smallest absolute Gasteiger partial charge is 0.327 e. The van der Waals surface area contributed by atoms with Crippen LogP contribution in [-0.4, -0.2) is 15.2 Å². The number of nitrogens with zero attached hydrogens (tertiary/aromatic N) is 2. The van der Waals surface area contributed by atoms with Gasteiger partial charge < -0.3 is 5.73 Å². The third kappa shape index (κ3) is 2.23. The molecule has 112 valence electrons. The fourth-order valence-corrected chi connectivity index (χ4v) is 3.09. The van der Waals surface area contributed by atoms with Gasteiger partial charge in [-0.1, -0.05) is 12.1 Å². The van der Waals surface area contributed by atoms with Crippen molar-refractivity contribution in [3.8, 4) is 5.69 Å². The minimum Gasteiger partial charge on any atom is -0.327 e. The van der Waals surface area contributed by atoms with Crippen LogP contribution in [0.15, 0.2) is 41.5 Å². The first-order valence-electron chi connectivity index (χ1n) is 7.62. The van der Waals surface area contributed by atoms with Crippen molar-refractivity contribution in [1.29, 1.82) is 0 Å². The summed E-state index contributed by atoms with van der Waals surface area (Å²) in [5, 5.41) is 0. The van der Waals surface area contributed by atoms with Crippen molar-refractivity contribution in [3.05, 3.63) is 52.7 Å². The molecule has 1 saturated carbocycles. The summed E-state index contributed by atoms with van der Waals surface area (Å²) in [5.41, 5.74) is 8.44. The molecule has 2 aromatic rings. The van der Waals surface area contributed by atoms with Crippen LogP contribution >= 0.6 is 0 Å². The second-order valence-electron chi connectivity index (χ2n) is 6.45. The lowest BCUT2D eigenvalue weighted by atomic mass is 9.89. The Morgan fingerprint density at radius 1 is 1.19 bits per heavy atom. The predicted octanol–water partition coefficient (Wildman–Crippen LogP) is 2.60. The maximum absolute atomic E-state index is 12.4. The zero-order valence-electron chi connectivity index (χ0n) is 12.9. The van der Waals surface area contributed by atoms with Crippen LogP contribution in [0.5, 0.6) is 0 Å². The highest BCUT2D eigenvalue weighted by molar-refractivity contribution is 5.42. The summed E-state index contributed by atoms with van der Waals surface area (Å²) < 4.78 is 3.45. The van der Waals surface area contributed by atoms with Crippen LogP contribution < -0.4 is 11.4 Å². The van der Waals surface area contributed by atoms with Crippen LogP contribution in [0.1, 0.15) is 45.2 Å². The van der Waals surface area contributed by atoms with Crippen molar-refractivity contribution < 1.29 is 0 Å². The molecule has 0 saturated heterocycles. The zero-order chi connectivity index (χ0) is 15.2. The molecule has 0 radical (unpaired) electrons. The first-order chi connectivity index (χ1) is 9.95. The van der Waals surface area contributed by atoms with Gasteiger partial charge in [0.2, 0.25) is 0 Å². The molecular formula is C17H23N3O. The zero-order valence-corrected chi connectivity index (χ0v) is 12.9. The molecule has 0 amide bonds. The standard InChI is InChI=1S/C17H23N3O/c1-12(2)19-9-10-20(16(19)21)15-6-4-5-14(11-15)17(7-8-17)13(3)18/h4-6,9-13H,7-8,18H2,1-3H3. The van der Waals surface area contributed by atoms with E-state index in [0.717, 1.165) is 18.5 Å². The Bertz CT molecular complexity index is 705. The first kappa shape index (κ1) is 14.1. The number of hydrogen-bond donors (Lipinski definition) is 1. The number of benzene rings is 1. The molecule has 2 N–H and O–H groups in total. The van der Waals surface area contributed by atoms with Gasteiger partial charge in [-0.3, -0.25) is 9.13 Å². The van der Waals surface area contributed by atoms with Gasteiger partial charge in [-0.05, 0) is 51.3 Å². The molecule has 1 fully saturated rings. The first-order valence-corrected chi connectivity index (χ1v) is 7.62. The number of imidazole rings is 1. The van der Waals surface area contributed by atoms with E-state index in [0.29, 0.717) is 0 Å². The topological polar surface area (TPSA) is 52.9 Å². The summed E-state index contributed by atoms with van der Waals surface area (Å²) in [4.78, 5) is 12.4. The SMILES string of the molecule is CC(C)n1ccn(-c2cccc(C3(C(C)N)CC3)c2)c1=O. The van der Waals surface area contributed by atoms with E-state index in [2.05, 4.69) is 19.1 Å². The van der Waals surface area contributed by atoms with Crippen LogP contribution in [0.4, 0.5) is 0 Å². The van der Waals surface area contributed by atoms with Gasteiger partial charge in [-0.2, -0.15) is 0 Å². The van der Waals surface area contributed by atoms with Crippen LogP contribution in [0.25, 0.3) is 5.69 Å². The molecule has 1 aromatic heterocycles. The van der Waals surface area contributed by atoms with Crippen molar-refractivity contribution in [1.82, 2.24) is 9.13 Å². The molecule has 1 atom stereocenters. The summed E-state index contributed by atoms with van der Waals surface area (Å²) >= 11 is 0. The van der Waals surface area contributed by atoms with Crippen molar-refractivity contribution in [2.24, 2.45) is 5.73 Å². The fourth-order valence-electron chi connectivity index (χ4n) is 3.09. The van der Waals surface area contributed by atoms with Crippen LogP contribution in [0, 0.1) is 0 Å². The Kier molecular flexibility index (Phi) is 3.29. The van der Waals surface area contributed by atoms with Gasteiger partial charge in [0.25, 0.3) is 0 Å². The average Bonchev–Trinajstić information content (AvgIpc) is 3.17. The Morgan fingerprint density at radius 3 is 2.43 bits per heavy atom. The molecule has 21 heavy (non-hydrogen) atoms. The van der Waals surface area contributed by atoms with Crippen molar-refractivity contribution >= 4 is 0 Å². The summed E-state index contributed by atoms with van der Waals surface area (Å²) in [6, 6.07) is 8.55. The molecule has 1 heterocycles. The van der Waals surface area contributed by atoms with Crippen molar-refractivity contribution in [2.45, 2.75) is 51.1 Å². The lowest BCUT2D eigenvalue weighted by Gasteiger charge is -2.20. The second-order valence-corrected chi connectivity index (χ2v) is 6.45. The second kappa shape index (κ2) is 4.88. The highest BCUT2D eigenvalue weighted by Gasteiger charge is 2.47. The minimum absolute atomic E-state index is 0.00722. The fraction of sp³-hybridized carbons (Fsp3) is 0.471. The number of hydrogen-bond acceptors (Lipinski definition) is 2. The van der Waals surface area contributed by atoms with Gasteiger partial charge in [-0.15, -0.1) is 0 Å². The van der Waals surface area contributed by atoms with Crippen LogP contribution in [-0.2, 0) is 5.41 Å². The quantitative estimate of drug-likeness (QED) is 0.938. The number of nitrogens with two attached hydrogens (primary N) is 1. The molecular weight excluding hydrogens is 262 g/mol. The molecule has 3 rings (SSSR count). The minimum atomic E-state index is 0.00722. The highest BCUT2D eigenvalue weighted by atomic mass is 16.1. The molecule has 1 aliphatic carbocycles. The summed E-state index contributed by atoms with van der Waals surface area (Å²) in [7, 11) is 0. The van der Waals surface area contributed by atoms with Gasteiger partial charge in [0.15, 0.2) is 0 Å². The van der Waals surface area contributed by atoms with Gasteiger partial charge in [-0.25, -0.2) is 4.79 Å². The van der Waals surface area contributed by atoms with Crippen LogP contribution in [0.3, 0.4) is 0 Å². The Morgan fingerprint density at radius 2 is 1.90 bits per heavy atom. The third-order valence-corrected chi connectivity index (χ3v) is 4.72. The van der Waals surface area contributed by atoms with Crippen molar-refractivity contribution in [3.63, 3.8) is 0 Å².